The van der Waals surface area contributed by atoms with E-state index in [1.165, 1.54) is 11.3 Å². The number of nitrogens with two attached hydrogens (primary N) is 1. The van der Waals surface area contributed by atoms with Gasteiger partial charge in [-0.3, -0.25) is 0 Å². The van der Waals surface area contributed by atoms with Crippen LogP contribution < -0.4 is 10.6 Å². The van der Waals surface area contributed by atoms with E-state index < -0.39 is 0 Å². The molecule has 1 unspecified atom stereocenters. The Balaban J connectivity index is 2.36. The van der Waals surface area contributed by atoms with E-state index in [1.54, 1.807) is 0 Å². The summed E-state index contributed by atoms with van der Waals surface area (Å²) in [6.45, 7) is 4.67. The van der Waals surface area contributed by atoms with Crippen molar-refractivity contribution in [2.45, 2.75) is 19.9 Å². The normalized spacial score (nSPS) is 12.2. The van der Waals surface area contributed by atoms with Crippen molar-refractivity contribution in [2.24, 2.45) is 5.73 Å². The van der Waals surface area contributed by atoms with E-state index in [9.17, 15) is 0 Å². The largest absolute Gasteiger partial charge is 0.366 e. The smallest absolute Gasteiger partial charge is 0.0662 e. The first-order valence-corrected chi connectivity index (χ1v) is 7.17. The first-order valence-electron chi connectivity index (χ1n) is 6.79. The maximum absolute atomic E-state index is 6.24. The maximum atomic E-state index is 6.24. The molecule has 1 atom stereocenters. The fourth-order valence-electron chi connectivity index (χ4n) is 2.46. The summed E-state index contributed by atoms with van der Waals surface area (Å²) in [6, 6.07) is 14.6. The molecule has 0 saturated carbocycles. The average molecular weight is 289 g/mol. The van der Waals surface area contributed by atoms with Crippen LogP contribution in [-0.2, 0) is 0 Å². The van der Waals surface area contributed by atoms with Crippen molar-refractivity contribution in [1.29, 1.82) is 0 Å². The molecule has 2 N–H and O–H groups in total. The lowest BCUT2D eigenvalue weighted by Crippen LogP contribution is -2.30. The highest BCUT2D eigenvalue weighted by Crippen LogP contribution is 2.29. The van der Waals surface area contributed by atoms with Gasteiger partial charge < -0.3 is 10.6 Å². The van der Waals surface area contributed by atoms with Gasteiger partial charge in [-0.1, -0.05) is 41.9 Å². The summed E-state index contributed by atoms with van der Waals surface area (Å²) in [6.07, 6.45) is 0. The molecule has 106 valence electrons. The standard InChI is InChI=1S/C17H21ClN2/c1-12-8-9-14(10-15(12)18)17(11-19)20(3)16-7-5-4-6-13(16)2/h4-10,17H,11,19H2,1-3H3. The van der Waals surface area contributed by atoms with Gasteiger partial charge in [-0.2, -0.15) is 0 Å². The molecule has 0 aliphatic rings. The number of rotatable bonds is 4. The monoisotopic (exact) mass is 288 g/mol. The molecule has 0 bridgehead atoms. The second-order valence-electron chi connectivity index (χ2n) is 5.16. The number of anilines is 1. The van der Waals surface area contributed by atoms with Gasteiger partial charge >= 0.3 is 0 Å². The molecule has 2 nitrogen and oxygen atoms in total. The molecule has 0 aliphatic carbocycles. The number of likely N-dealkylation sites (N-methyl/N-ethyl adjacent to an activating group) is 1. The maximum Gasteiger partial charge on any atom is 0.0662 e. The number of halogens is 1. The fraction of sp³-hybridized carbons (Fsp3) is 0.294. The van der Waals surface area contributed by atoms with Crippen molar-refractivity contribution in [1.82, 2.24) is 0 Å². The molecule has 20 heavy (non-hydrogen) atoms. The molecule has 3 heteroatoms. The van der Waals surface area contributed by atoms with Gasteiger partial charge in [-0.05, 0) is 42.7 Å². The molecule has 0 aliphatic heterocycles. The molecule has 0 fully saturated rings. The molecule has 2 rings (SSSR count). The van der Waals surface area contributed by atoms with Gasteiger partial charge in [0.1, 0.15) is 0 Å². The van der Waals surface area contributed by atoms with Crippen molar-refractivity contribution >= 4 is 17.3 Å². The summed E-state index contributed by atoms with van der Waals surface area (Å²) in [5, 5.41) is 0.791. The van der Waals surface area contributed by atoms with Crippen LogP contribution in [-0.4, -0.2) is 13.6 Å². The molecule has 0 radical (unpaired) electrons. The van der Waals surface area contributed by atoms with Gasteiger partial charge in [0.05, 0.1) is 6.04 Å². The van der Waals surface area contributed by atoms with Crippen molar-refractivity contribution < 1.29 is 0 Å². The zero-order valence-electron chi connectivity index (χ0n) is 12.2. The van der Waals surface area contributed by atoms with E-state index in [0.29, 0.717) is 6.54 Å². The van der Waals surface area contributed by atoms with Gasteiger partial charge in [0.25, 0.3) is 0 Å². The van der Waals surface area contributed by atoms with Crippen LogP contribution in [0.15, 0.2) is 42.5 Å². The first kappa shape index (κ1) is 14.9. The molecular weight excluding hydrogens is 268 g/mol. The lowest BCUT2D eigenvalue weighted by atomic mass is 10.0. The summed E-state index contributed by atoms with van der Waals surface area (Å²) in [5.41, 5.74) is 10.7. The Bertz CT molecular complexity index is 595. The number of para-hydroxylation sites is 1. The summed E-state index contributed by atoms with van der Waals surface area (Å²) >= 11 is 6.24. The molecule has 0 spiro atoms. The Morgan fingerprint density at radius 2 is 1.80 bits per heavy atom. The topological polar surface area (TPSA) is 29.3 Å². The van der Waals surface area contributed by atoms with Gasteiger partial charge in [-0.15, -0.1) is 0 Å². The SMILES string of the molecule is Cc1ccc(C(CN)N(C)c2ccccc2C)cc1Cl. The number of benzene rings is 2. The Morgan fingerprint density at radius 1 is 1.10 bits per heavy atom. The fourth-order valence-corrected chi connectivity index (χ4v) is 2.65. The van der Waals surface area contributed by atoms with Gasteiger partial charge in [0, 0.05) is 24.3 Å². The number of nitrogens with zero attached hydrogens (tertiary/aromatic N) is 1. The predicted octanol–water partition coefficient (Wildman–Crippen LogP) is 4.09. The average Bonchev–Trinajstić information content (AvgIpc) is 2.44. The third kappa shape index (κ3) is 2.97. The third-order valence-corrected chi connectivity index (χ3v) is 4.17. The summed E-state index contributed by atoms with van der Waals surface area (Å²) < 4.78 is 0. The molecule has 0 aromatic heterocycles. The molecular formula is C17H21ClN2. The Morgan fingerprint density at radius 3 is 2.40 bits per heavy atom. The van der Waals surface area contributed by atoms with Crippen molar-refractivity contribution in [3.05, 3.63) is 64.2 Å². The lowest BCUT2D eigenvalue weighted by molar-refractivity contribution is 0.679. The number of hydrogen-bond acceptors (Lipinski definition) is 2. The Labute approximate surface area is 126 Å². The second-order valence-corrected chi connectivity index (χ2v) is 5.56. The molecule has 0 heterocycles. The van der Waals surface area contributed by atoms with E-state index >= 15 is 0 Å². The van der Waals surface area contributed by atoms with Crippen LogP contribution in [0.25, 0.3) is 0 Å². The zero-order chi connectivity index (χ0) is 14.7. The quantitative estimate of drug-likeness (QED) is 0.918. The van der Waals surface area contributed by atoms with Gasteiger partial charge in [0.15, 0.2) is 0 Å². The van der Waals surface area contributed by atoms with E-state index in [-0.39, 0.29) is 6.04 Å². The second kappa shape index (κ2) is 6.29. The highest BCUT2D eigenvalue weighted by molar-refractivity contribution is 6.31. The minimum Gasteiger partial charge on any atom is -0.366 e. The number of hydrogen-bond donors (Lipinski definition) is 1. The Kier molecular flexibility index (Phi) is 4.69. The van der Waals surface area contributed by atoms with Crippen molar-refractivity contribution in [2.75, 3.05) is 18.5 Å². The predicted molar refractivity (Wildman–Crippen MR) is 87.6 cm³/mol. The van der Waals surface area contributed by atoms with E-state index in [1.807, 2.05) is 25.1 Å². The molecule has 2 aromatic carbocycles. The van der Waals surface area contributed by atoms with Crippen LogP contribution in [0.1, 0.15) is 22.7 Å². The highest BCUT2D eigenvalue weighted by atomic mass is 35.5. The summed E-state index contributed by atoms with van der Waals surface area (Å²) in [7, 11) is 2.08. The van der Waals surface area contributed by atoms with Crippen molar-refractivity contribution in [3.8, 4) is 0 Å². The van der Waals surface area contributed by atoms with E-state index in [0.717, 1.165) is 16.1 Å². The number of aryl methyl sites for hydroxylation is 2. The third-order valence-electron chi connectivity index (χ3n) is 3.77. The zero-order valence-corrected chi connectivity index (χ0v) is 13.0. The van der Waals surface area contributed by atoms with Crippen molar-refractivity contribution in [3.63, 3.8) is 0 Å². The molecule has 2 aromatic rings. The van der Waals surface area contributed by atoms with Gasteiger partial charge in [-0.25, -0.2) is 0 Å². The van der Waals surface area contributed by atoms with Crippen LogP contribution in [0.4, 0.5) is 5.69 Å². The van der Waals surface area contributed by atoms with E-state index in [4.69, 9.17) is 17.3 Å². The van der Waals surface area contributed by atoms with Crippen LogP contribution in [0.3, 0.4) is 0 Å². The summed E-state index contributed by atoms with van der Waals surface area (Å²) in [4.78, 5) is 2.22. The van der Waals surface area contributed by atoms with Crippen LogP contribution in [0.2, 0.25) is 5.02 Å². The Hall–Kier alpha value is -1.51. The molecule has 0 amide bonds. The van der Waals surface area contributed by atoms with Crippen LogP contribution >= 0.6 is 11.6 Å². The minimum atomic E-state index is 0.120. The van der Waals surface area contributed by atoms with Crippen LogP contribution in [0, 0.1) is 13.8 Å². The highest BCUT2D eigenvalue weighted by Gasteiger charge is 2.17. The van der Waals surface area contributed by atoms with Gasteiger partial charge in [0.2, 0.25) is 0 Å². The van der Waals surface area contributed by atoms with Crippen LogP contribution in [0.5, 0.6) is 0 Å². The summed E-state index contributed by atoms with van der Waals surface area (Å²) in [5.74, 6) is 0. The minimum absolute atomic E-state index is 0.120. The molecule has 0 saturated heterocycles. The van der Waals surface area contributed by atoms with E-state index in [2.05, 4.69) is 43.1 Å². The first-order chi connectivity index (χ1) is 9.54. The lowest BCUT2D eigenvalue weighted by Gasteiger charge is -2.31.